The van der Waals surface area contributed by atoms with E-state index in [9.17, 15) is 4.79 Å². The molecular formula is C16H20N4O. The molecule has 1 aromatic carbocycles. The fourth-order valence-electron chi connectivity index (χ4n) is 2.26. The van der Waals surface area contributed by atoms with Crippen molar-refractivity contribution < 1.29 is 4.79 Å². The lowest BCUT2D eigenvalue weighted by Gasteiger charge is -2.08. The maximum atomic E-state index is 11.9. The van der Waals surface area contributed by atoms with Crippen LogP contribution in [0.3, 0.4) is 0 Å². The molecule has 2 aromatic rings. The SMILES string of the molecule is O=C(CNCC1CC1)Nc1cccc(Cn2ccnc2)c1. The highest BCUT2D eigenvalue weighted by molar-refractivity contribution is 5.92. The number of aromatic nitrogens is 2. The normalized spacial score (nSPS) is 14.1. The number of carbonyl (C=O) groups is 1. The van der Waals surface area contributed by atoms with Crippen LogP contribution in [0.4, 0.5) is 5.69 Å². The number of benzene rings is 1. The Morgan fingerprint density at radius 2 is 2.29 bits per heavy atom. The molecule has 5 nitrogen and oxygen atoms in total. The maximum Gasteiger partial charge on any atom is 0.238 e. The number of nitrogens with one attached hydrogen (secondary N) is 2. The molecule has 1 amide bonds. The van der Waals surface area contributed by atoms with E-state index in [1.54, 1.807) is 12.5 Å². The number of hydrogen-bond acceptors (Lipinski definition) is 3. The summed E-state index contributed by atoms with van der Waals surface area (Å²) in [5.74, 6) is 0.798. The van der Waals surface area contributed by atoms with Crippen molar-refractivity contribution in [2.75, 3.05) is 18.4 Å². The highest BCUT2D eigenvalue weighted by Gasteiger charge is 2.20. The molecule has 0 spiro atoms. The first-order chi connectivity index (χ1) is 10.3. The third-order valence-corrected chi connectivity index (χ3v) is 3.55. The lowest BCUT2D eigenvalue weighted by molar-refractivity contribution is -0.115. The van der Waals surface area contributed by atoms with E-state index in [1.165, 1.54) is 12.8 Å². The summed E-state index contributed by atoms with van der Waals surface area (Å²) in [6.45, 7) is 2.08. The predicted octanol–water partition coefficient (Wildman–Crippen LogP) is 1.87. The van der Waals surface area contributed by atoms with Gasteiger partial charge in [0.2, 0.25) is 5.91 Å². The van der Waals surface area contributed by atoms with Crippen LogP contribution in [0.5, 0.6) is 0 Å². The number of nitrogens with zero attached hydrogens (tertiary/aromatic N) is 2. The fraction of sp³-hybridized carbons (Fsp3) is 0.375. The van der Waals surface area contributed by atoms with Crippen molar-refractivity contribution in [1.82, 2.24) is 14.9 Å². The van der Waals surface area contributed by atoms with Crippen LogP contribution in [0.15, 0.2) is 43.0 Å². The van der Waals surface area contributed by atoms with Gasteiger partial charge in [0.25, 0.3) is 0 Å². The van der Waals surface area contributed by atoms with E-state index in [-0.39, 0.29) is 5.91 Å². The number of carbonyl (C=O) groups excluding carboxylic acids is 1. The van der Waals surface area contributed by atoms with E-state index in [4.69, 9.17) is 0 Å². The van der Waals surface area contributed by atoms with Crippen molar-refractivity contribution in [3.8, 4) is 0 Å². The molecule has 0 bridgehead atoms. The number of hydrogen-bond donors (Lipinski definition) is 2. The first-order valence-electron chi connectivity index (χ1n) is 7.35. The minimum absolute atomic E-state index is 0.00966. The Morgan fingerprint density at radius 1 is 1.38 bits per heavy atom. The number of imidazole rings is 1. The Kier molecular flexibility index (Phi) is 4.31. The predicted molar refractivity (Wildman–Crippen MR) is 82.0 cm³/mol. The largest absolute Gasteiger partial charge is 0.333 e. The van der Waals surface area contributed by atoms with Crippen molar-refractivity contribution >= 4 is 11.6 Å². The summed E-state index contributed by atoms with van der Waals surface area (Å²) in [5, 5.41) is 6.12. The zero-order valence-electron chi connectivity index (χ0n) is 12.0. The van der Waals surface area contributed by atoms with Crippen molar-refractivity contribution in [3.05, 3.63) is 48.5 Å². The van der Waals surface area contributed by atoms with E-state index >= 15 is 0 Å². The van der Waals surface area contributed by atoms with Crippen LogP contribution in [0.25, 0.3) is 0 Å². The molecule has 0 saturated heterocycles. The molecule has 5 heteroatoms. The second kappa shape index (κ2) is 6.54. The minimum atomic E-state index is 0.00966. The highest BCUT2D eigenvalue weighted by Crippen LogP contribution is 2.27. The van der Waals surface area contributed by atoms with Crippen LogP contribution in [0.2, 0.25) is 0 Å². The zero-order valence-corrected chi connectivity index (χ0v) is 12.0. The van der Waals surface area contributed by atoms with Crippen molar-refractivity contribution in [1.29, 1.82) is 0 Å². The third kappa shape index (κ3) is 4.43. The van der Waals surface area contributed by atoms with Crippen molar-refractivity contribution in [2.45, 2.75) is 19.4 Å². The Labute approximate surface area is 124 Å². The molecule has 0 radical (unpaired) electrons. The number of rotatable bonds is 7. The molecule has 1 aliphatic rings. The second-order valence-corrected chi connectivity index (χ2v) is 5.56. The maximum absolute atomic E-state index is 11.9. The van der Waals surface area contributed by atoms with Crippen LogP contribution >= 0.6 is 0 Å². The van der Waals surface area contributed by atoms with Gasteiger partial charge in [-0.25, -0.2) is 4.98 Å². The van der Waals surface area contributed by atoms with Crippen molar-refractivity contribution in [3.63, 3.8) is 0 Å². The first-order valence-corrected chi connectivity index (χ1v) is 7.35. The van der Waals surface area contributed by atoms with Crippen LogP contribution < -0.4 is 10.6 Å². The quantitative estimate of drug-likeness (QED) is 0.816. The lowest BCUT2D eigenvalue weighted by atomic mass is 10.2. The van der Waals surface area contributed by atoms with Gasteiger partial charge in [-0.05, 0) is 43.0 Å². The van der Waals surface area contributed by atoms with E-state index in [0.29, 0.717) is 6.54 Å². The van der Waals surface area contributed by atoms with Gasteiger partial charge in [0, 0.05) is 24.6 Å². The van der Waals surface area contributed by atoms with Crippen LogP contribution in [0, 0.1) is 5.92 Å². The number of amides is 1. The lowest BCUT2D eigenvalue weighted by Crippen LogP contribution is -2.29. The molecule has 3 rings (SSSR count). The molecule has 0 aliphatic heterocycles. The standard InChI is InChI=1S/C16H20N4O/c21-16(10-18-9-13-4-5-13)19-15-3-1-2-14(8-15)11-20-7-6-17-12-20/h1-3,6-8,12-13,18H,4-5,9-11H2,(H,19,21). The smallest absolute Gasteiger partial charge is 0.238 e. The van der Waals surface area contributed by atoms with Gasteiger partial charge < -0.3 is 15.2 Å². The van der Waals surface area contributed by atoms with Crippen LogP contribution in [-0.4, -0.2) is 28.5 Å². The summed E-state index contributed by atoms with van der Waals surface area (Å²) in [4.78, 5) is 15.9. The Hall–Kier alpha value is -2.14. The van der Waals surface area contributed by atoms with Gasteiger partial charge in [-0.1, -0.05) is 12.1 Å². The van der Waals surface area contributed by atoms with Gasteiger partial charge in [0.1, 0.15) is 0 Å². The molecule has 0 atom stereocenters. The van der Waals surface area contributed by atoms with Gasteiger partial charge in [0.15, 0.2) is 0 Å². The monoisotopic (exact) mass is 284 g/mol. The summed E-state index contributed by atoms with van der Waals surface area (Å²) in [6, 6.07) is 7.91. The van der Waals surface area contributed by atoms with E-state index in [1.807, 2.05) is 35.0 Å². The Morgan fingerprint density at radius 3 is 3.05 bits per heavy atom. The van der Waals surface area contributed by atoms with Crippen molar-refractivity contribution in [2.24, 2.45) is 5.92 Å². The van der Waals surface area contributed by atoms with Gasteiger partial charge in [-0.2, -0.15) is 0 Å². The molecule has 1 saturated carbocycles. The highest BCUT2D eigenvalue weighted by atomic mass is 16.1. The molecular weight excluding hydrogens is 264 g/mol. The third-order valence-electron chi connectivity index (χ3n) is 3.55. The topological polar surface area (TPSA) is 59.0 Å². The Balaban J connectivity index is 1.51. The summed E-state index contributed by atoms with van der Waals surface area (Å²) >= 11 is 0. The molecule has 0 unspecified atom stereocenters. The fourth-order valence-corrected chi connectivity index (χ4v) is 2.26. The summed E-state index contributed by atoms with van der Waals surface area (Å²) < 4.78 is 2.00. The first kappa shape index (κ1) is 13.8. The van der Waals surface area contributed by atoms with Gasteiger partial charge in [-0.15, -0.1) is 0 Å². The Bertz CT molecular complexity index is 590. The molecule has 1 heterocycles. The van der Waals surface area contributed by atoms with Gasteiger partial charge in [0.05, 0.1) is 12.9 Å². The molecule has 2 N–H and O–H groups in total. The summed E-state index contributed by atoms with van der Waals surface area (Å²) in [6.07, 6.45) is 8.06. The number of anilines is 1. The zero-order chi connectivity index (χ0) is 14.5. The van der Waals surface area contributed by atoms with Gasteiger partial charge in [-0.3, -0.25) is 4.79 Å². The average Bonchev–Trinajstić information content (AvgIpc) is 3.14. The van der Waals surface area contributed by atoms with Gasteiger partial charge >= 0.3 is 0 Å². The van der Waals surface area contributed by atoms with Crippen LogP contribution in [0.1, 0.15) is 18.4 Å². The van der Waals surface area contributed by atoms with E-state index in [0.717, 1.165) is 30.3 Å². The van der Waals surface area contributed by atoms with Crippen LogP contribution in [-0.2, 0) is 11.3 Å². The summed E-state index contributed by atoms with van der Waals surface area (Å²) in [5.41, 5.74) is 1.97. The second-order valence-electron chi connectivity index (χ2n) is 5.56. The molecule has 110 valence electrons. The molecule has 1 aromatic heterocycles. The molecule has 1 aliphatic carbocycles. The summed E-state index contributed by atoms with van der Waals surface area (Å²) in [7, 11) is 0. The van der Waals surface area contributed by atoms with E-state index in [2.05, 4.69) is 15.6 Å². The molecule has 1 fully saturated rings. The molecule has 21 heavy (non-hydrogen) atoms. The minimum Gasteiger partial charge on any atom is -0.333 e. The average molecular weight is 284 g/mol. The van der Waals surface area contributed by atoms with E-state index < -0.39 is 0 Å².